The second-order valence-electron chi connectivity index (χ2n) is 3.40. The predicted octanol–water partition coefficient (Wildman–Crippen LogP) is 3.31. The number of nitrogens with one attached hydrogen (secondary N) is 2. The minimum absolute atomic E-state index is 0.114. The highest BCUT2D eigenvalue weighted by atomic mass is 79.9. The molecule has 19 heavy (non-hydrogen) atoms. The summed E-state index contributed by atoms with van der Waals surface area (Å²) >= 11 is 6.17. The normalized spacial score (nSPS) is 10.4. The fourth-order valence-electron chi connectivity index (χ4n) is 1.30. The second kappa shape index (κ2) is 5.76. The van der Waals surface area contributed by atoms with E-state index in [2.05, 4.69) is 52.6 Å². The Bertz CT molecular complexity index is 600. The highest BCUT2D eigenvalue weighted by Crippen LogP contribution is 2.29. The first-order valence-electron chi connectivity index (χ1n) is 4.92. The van der Waals surface area contributed by atoms with Crippen LogP contribution >= 0.6 is 31.9 Å². The number of hydrazine groups is 1. The number of nitrogens with zero attached hydrogens (tertiary/aromatic N) is 2. The molecule has 0 atom stereocenters. The van der Waals surface area contributed by atoms with Crippen molar-refractivity contribution >= 4 is 49.3 Å². The summed E-state index contributed by atoms with van der Waals surface area (Å²) in [5.41, 5.74) is 1.93. The van der Waals surface area contributed by atoms with Gasteiger partial charge in [-0.25, -0.2) is 19.6 Å². The highest BCUT2D eigenvalue weighted by molar-refractivity contribution is 9.10. The van der Waals surface area contributed by atoms with Gasteiger partial charge < -0.3 is 5.32 Å². The Hall–Kier alpha value is -1.32. The first-order chi connectivity index (χ1) is 9.01. The minimum atomic E-state index is -0.750. The topological polar surface area (TPSA) is 75.9 Å². The molecular weight excluding hydrogens is 388 g/mol. The van der Waals surface area contributed by atoms with Gasteiger partial charge in [0.15, 0.2) is 17.5 Å². The van der Waals surface area contributed by atoms with Crippen molar-refractivity contribution in [3.05, 3.63) is 38.9 Å². The summed E-state index contributed by atoms with van der Waals surface area (Å²) in [6.45, 7) is 0. The SMILES string of the molecule is NNc1ncc(Br)c(Nc2c(F)cc(Br)cc2F)n1. The fraction of sp³-hybridized carbons (Fsp3) is 0. The average molecular weight is 395 g/mol. The fourth-order valence-corrected chi connectivity index (χ4v) is 2.00. The summed E-state index contributed by atoms with van der Waals surface area (Å²) in [6.07, 6.45) is 1.40. The maximum Gasteiger partial charge on any atom is 0.239 e. The van der Waals surface area contributed by atoms with E-state index in [9.17, 15) is 8.78 Å². The van der Waals surface area contributed by atoms with Crippen LogP contribution in [0.25, 0.3) is 0 Å². The van der Waals surface area contributed by atoms with Gasteiger partial charge >= 0.3 is 0 Å². The number of rotatable bonds is 3. The van der Waals surface area contributed by atoms with E-state index in [-0.39, 0.29) is 17.5 Å². The van der Waals surface area contributed by atoms with Crippen molar-refractivity contribution in [1.82, 2.24) is 9.97 Å². The second-order valence-corrected chi connectivity index (χ2v) is 5.17. The Balaban J connectivity index is 2.41. The zero-order valence-corrected chi connectivity index (χ0v) is 12.4. The smallest absolute Gasteiger partial charge is 0.239 e. The molecule has 0 amide bonds. The standard InChI is InChI=1S/C10H7Br2F2N5/c11-4-1-6(13)8(7(14)2-4)17-9-5(12)3-16-10(18-9)19-15/h1-3H,15H2,(H2,16,17,18,19). The summed E-state index contributed by atoms with van der Waals surface area (Å²) in [7, 11) is 0. The molecule has 9 heteroatoms. The van der Waals surface area contributed by atoms with Crippen LogP contribution in [0.3, 0.4) is 0 Å². The number of aromatic nitrogens is 2. The van der Waals surface area contributed by atoms with Crippen LogP contribution in [0, 0.1) is 11.6 Å². The molecular formula is C10H7Br2F2N5. The Morgan fingerprint density at radius 1 is 1.16 bits per heavy atom. The van der Waals surface area contributed by atoms with E-state index < -0.39 is 11.6 Å². The lowest BCUT2D eigenvalue weighted by Crippen LogP contribution is -2.11. The van der Waals surface area contributed by atoms with Crippen LogP contribution in [0.15, 0.2) is 27.3 Å². The summed E-state index contributed by atoms with van der Waals surface area (Å²) in [6, 6.07) is 2.28. The monoisotopic (exact) mass is 393 g/mol. The number of nitrogens with two attached hydrogens (primary N) is 1. The van der Waals surface area contributed by atoms with Crippen LogP contribution in [-0.2, 0) is 0 Å². The molecule has 0 bridgehead atoms. The van der Waals surface area contributed by atoms with Gasteiger partial charge in [-0.2, -0.15) is 4.98 Å². The molecule has 0 aliphatic carbocycles. The van der Waals surface area contributed by atoms with Crippen molar-refractivity contribution in [2.24, 2.45) is 5.84 Å². The summed E-state index contributed by atoms with van der Waals surface area (Å²) < 4.78 is 28.1. The quantitative estimate of drug-likeness (QED) is 0.550. The van der Waals surface area contributed by atoms with Crippen LogP contribution in [-0.4, -0.2) is 9.97 Å². The van der Waals surface area contributed by atoms with Gasteiger partial charge in [0.05, 0.1) is 4.47 Å². The minimum Gasteiger partial charge on any atom is -0.334 e. The molecule has 0 saturated heterocycles. The van der Waals surface area contributed by atoms with Crippen LogP contribution in [0.4, 0.5) is 26.2 Å². The van der Waals surface area contributed by atoms with Crippen LogP contribution in [0.2, 0.25) is 0 Å². The van der Waals surface area contributed by atoms with Crippen LogP contribution in [0.5, 0.6) is 0 Å². The molecule has 0 radical (unpaired) electrons. The Labute approximate surface area is 123 Å². The molecule has 0 aliphatic rings. The van der Waals surface area contributed by atoms with Crippen molar-refractivity contribution in [3.63, 3.8) is 0 Å². The average Bonchev–Trinajstić information content (AvgIpc) is 2.35. The predicted molar refractivity (Wildman–Crippen MR) is 74.9 cm³/mol. The molecule has 0 unspecified atom stereocenters. The van der Waals surface area contributed by atoms with Gasteiger partial charge in [0, 0.05) is 10.7 Å². The Kier molecular flexibility index (Phi) is 4.27. The lowest BCUT2D eigenvalue weighted by Gasteiger charge is -2.10. The molecule has 0 aliphatic heterocycles. The largest absolute Gasteiger partial charge is 0.334 e. The number of halogens is 4. The van der Waals surface area contributed by atoms with Crippen molar-refractivity contribution in [3.8, 4) is 0 Å². The lowest BCUT2D eigenvalue weighted by molar-refractivity contribution is 0.589. The Morgan fingerprint density at radius 3 is 2.37 bits per heavy atom. The zero-order chi connectivity index (χ0) is 14.0. The van der Waals surface area contributed by atoms with Gasteiger partial charge in [-0.05, 0) is 28.1 Å². The van der Waals surface area contributed by atoms with Crippen molar-refractivity contribution in [2.75, 3.05) is 10.7 Å². The van der Waals surface area contributed by atoms with Gasteiger partial charge in [0.25, 0.3) is 0 Å². The molecule has 0 fully saturated rings. The molecule has 1 aromatic carbocycles. The first kappa shape index (κ1) is 14.1. The van der Waals surface area contributed by atoms with Crippen molar-refractivity contribution in [2.45, 2.75) is 0 Å². The van der Waals surface area contributed by atoms with Crippen LogP contribution < -0.4 is 16.6 Å². The van der Waals surface area contributed by atoms with Crippen molar-refractivity contribution in [1.29, 1.82) is 0 Å². The number of benzene rings is 1. The number of hydrogen-bond donors (Lipinski definition) is 3. The zero-order valence-electron chi connectivity index (χ0n) is 9.22. The first-order valence-corrected chi connectivity index (χ1v) is 6.50. The van der Waals surface area contributed by atoms with E-state index in [1.807, 2.05) is 0 Å². The van der Waals surface area contributed by atoms with E-state index in [4.69, 9.17) is 5.84 Å². The molecule has 2 rings (SSSR count). The molecule has 1 aromatic heterocycles. The number of nitrogen functional groups attached to an aromatic ring is 1. The van der Waals surface area contributed by atoms with Gasteiger partial charge in [0.1, 0.15) is 5.69 Å². The number of anilines is 3. The van der Waals surface area contributed by atoms with Gasteiger partial charge in [-0.3, -0.25) is 5.43 Å². The maximum absolute atomic E-state index is 13.7. The lowest BCUT2D eigenvalue weighted by atomic mass is 10.3. The van der Waals surface area contributed by atoms with E-state index >= 15 is 0 Å². The number of hydrogen-bond acceptors (Lipinski definition) is 5. The van der Waals surface area contributed by atoms with E-state index in [1.165, 1.54) is 6.20 Å². The van der Waals surface area contributed by atoms with Crippen LogP contribution in [0.1, 0.15) is 0 Å². The van der Waals surface area contributed by atoms with E-state index in [0.717, 1.165) is 12.1 Å². The third-order valence-electron chi connectivity index (χ3n) is 2.12. The van der Waals surface area contributed by atoms with Gasteiger partial charge in [0.2, 0.25) is 5.95 Å². The summed E-state index contributed by atoms with van der Waals surface area (Å²) in [5.74, 6) is 3.97. The maximum atomic E-state index is 13.7. The molecule has 0 saturated carbocycles. The molecule has 5 nitrogen and oxygen atoms in total. The summed E-state index contributed by atoms with van der Waals surface area (Å²) in [4.78, 5) is 7.77. The molecule has 0 spiro atoms. The van der Waals surface area contributed by atoms with Crippen molar-refractivity contribution < 1.29 is 8.78 Å². The van der Waals surface area contributed by atoms with E-state index in [1.54, 1.807) is 0 Å². The molecule has 100 valence electrons. The molecule has 1 heterocycles. The molecule has 4 N–H and O–H groups in total. The third-order valence-corrected chi connectivity index (χ3v) is 3.16. The van der Waals surface area contributed by atoms with Gasteiger partial charge in [-0.1, -0.05) is 15.9 Å². The summed E-state index contributed by atoms with van der Waals surface area (Å²) in [5, 5.41) is 2.55. The Morgan fingerprint density at radius 2 is 1.79 bits per heavy atom. The molecule has 2 aromatic rings. The van der Waals surface area contributed by atoms with Gasteiger partial charge in [-0.15, -0.1) is 0 Å². The highest BCUT2D eigenvalue weighted by Gasteiger charge is 2.13. The third kappa shape index (κ3) is 3.17. The van der Waals surface area contributed by atoms with E-state index in [0.29, 0.717) is 8.95 Å².